The number of likely N-dealkylation sites (tertiary alicyclic amines) is 1. The topological polar surface area (TPSA) is 46.3 Å². The Bertz CT molecular complexity index is 220. The number of hydrogen-bond donors (Lipinski definition) is 1. The highest BCUT2D eigenvalue weighted by molar-refractivity contribution is 5.76. The van der Waals surface area contributed by atoms with Crippen molar-refractivity contribution >= 4 is 5.91 Å². The number of nitrogens with two attached hydrogens (primary N) is 1. The van der Waals surface area contributed by atoms with E-state index >= 15 is 0 Å². The summed E-state index contributed by atoms with van der Waals surface area (Å²) in [7, 11) is 0. The van der Waals surface area contributed by atoms with Crippen LogP contribution in [-0.2, 0) is 4.79 Å². The average molecular weight is 240 g/mol. The molecule has 1 saturated heterocycles. The fraction of sp³-hybridized carbons (Fsp3) is 0.929. The Hall–Kier alpha value is -0.570. The van der Waals surface area contributed by atoms with Crippen LogP contribution in [0, 0.1) is 11.8 Å². The van der Waals surface area contributed by atoms with Gasteiger partial charge in [-0.3, -0.25) is 4.79 Å². The minimum atomic E-state index is 0.322. The molecule has 0 saturated carbocycles. The zero-order chi connectivity index (χ0) is 12.7. The van der Waals surface area contributed by atoms with E-state index in [0.717, 1.165) is 19.5 Å². The van der Waals surface area contributed by atoms with E-state index in [9.17, 15) is 4.79 Å². The summed E-state index contributed by atoms with van der Waals surface area (Å²) < 4.78 is 0. The van der Waals surface area contributed by atoms with Crippen molar-refractivity contribution in [3.05, 3.63) is 0 Å². The van der Waals surface area contributed by atoms with Gasteiger partial charge >= 0.3 is 0 Å². The highest BCUT2D eigenvalue weighted by atomic mass is 16.2. The lowest BCUT2D eigenvalue weighted by molar-refractivity contribution is -0.132. The first-order chi connectivity index (χ1) is 8.13. The quantitative estimate of drug-likeness (QED) is 0.802. The van der Waals surface area contributed by atoms with Crippen LogP contribution in [0.25, 0.3) is 0 Å². The summed E-state index contributed by atoms with van der Waals surface area (Å²) in [6.45, 7) is 6.94. The summed E-state index contributed by atoms with van der Waals surface area (Å²) in [6, 6.07) is 0. The Morgan fingerprint density at radius 3 is 2.24 bits per heavy atom. The van der Waals surface area contributed by atoms with Gasteiger partial charge in [0, 0.05) is 19.5 Å². The van der Waals surface area contributed by atoms with Gasteiger partial charge in [0.2, 0.25) is 5.91 Å². The van der Waals surface area contributed by atoms with Crippen LogP contribution in [-0.4, -0.2) is 30.4 Å². The predicted molar refractivity (Wildman–Crippen MR) is 71.7 cm³/mol. The molecule has 0 radical (unpaired) electrons. The van der Waals surface area contributed by atoms with Crippen molar-refractivity contribution in [3.8, 4) is 0 Å². The van der Waals surface area contributed by atoms with Crippen molar-refractivity contribution in [2.24, 2.45) is 17.6 Å². The minimum Gasteiger partial charge on any atom is -0.343 e. The van der Waals surface area contributed by atoms with Gasteiger partial charge in [-0.2, -0.15) is 0 Å². The van der Waals surface area contributed by atoms with Crippen molar-refractivity contribution < 1.29 is 4.79 Å². The van der Waals surface area contributed by atoms with E-state index in [1.807, 2.05) is 0 Å². The minimum absolute atomic E-state index is 0.322. The summed E-state index contributed by atoms with van der Waals surface area (Å²) >= 11 is 0. The second kappa shape index (κ2) is 7.70. The number of carbonyl (C=O) groups excluding carboxylic acids is 1. The third kappa shape index (κ3) is 5.53. The summed E-state index contributed by atoms with van der Waals surface area (Å²) in [5.74, 6) is 1.31. The van der Waals surface area contributed by atoms with Gasteiger partial charge in [-0.1, -0.05) is 26.7 Å². The molecule has 1 unspecified atom stereocenters. The molecule has 0 spiro atoms. The molecule has 3 nitrogen and oxygen atoms in total. The van der Waals surface area contributed by atoms with Crippen molar-refractivity contribution in [2.75, 3.05) is 19.6 Å². The van der Waals surface area contributed by atoms with Gasteiger partial charge in [-0.15, -0.1) is 0 Å². The summed E-state index contributed by atoms with van der Waals surface area (Å²) in [4.78, 5) is 14.2. The van der Waals surface area contributed by atoms with Gasteiger partial charge in [0.05, 0.1) is 0 Å². The van der Waals surface area contributed by atoms with Crippen molar-refractivity contribution in [3.63, 3.8) is 0 Å². The van der Waals surface area contributed by atoms with Crippen LogP contribution in [0.15, 0.2) is 0 Å². The van der Waals surface area contributed by atoms with Crippen LogP contribution in [0.5, 0.6) is 0 Å². The molecule has 2 N–H and O–H groups in total. The molecule has 0 bridgehead atoms. The molecule has 1 rings (SSSR count). The molecule has 100 valence electrons. The van der Waals surface area contributed by atoms with Crippen LogP contribution in [0.1, 0.15) is 52.4 Å². The molecule has 1 amide bonds. The largest absolute Gasteiger partial charge is 0.343 e. The number of rotatable bonds is 5. The van der Waals surface area contributed by atoms with Gasteiger partial charge in [0.15, 0.2) is 0 Å². The molecular weight excluding hydrogens is 212 g/mol. The van der Waals surface area contributed by atoms with E-state index < -0.39 is 0 Å². The third-order valence-electron chi connectivity index (χ3n) is 3.56. The Balaban J connectivity index is 2.39. The van der Waals surface area contributed by atoms with Crippen molar-refractivity contribution in [1.29, 1.82) is 0 Å². The third-order valence-corrected chi connectivity index (χ3v) is 3.56. The number of nitrogens with zero attached hydrogens (tertiary/aromatic N) is 1. The van der Waals surface area contributed by atoms with Gasteiger partial charge in [0.1, 0.15) is 0 Å². The lowest BCUT2D eigenvalue weighted by Crippen LogP contribution is -2.34. The Labute approximate surface area is 106 Å². The molecule has 0 aromatic rings. The lowest BCUT2D eigenvalue weighted by Gasteiger charge is -2.24. The van der Waals surface area contributed by atoms with Crippen LogP contribution in [0.2, 0.25) is 0 Å². The van der Waals surface area contributed by atoms with Crippen LogP contribution in [0.4, 0.5) is 0 Å². The Kier molecular flexibility index (Phi) is 6.56. The summed E-state index contributed by atoms with van der Waals surface area (Å²) in [5.41, 5.74) is 5.76. The standard InChI is InChI=1S/C14H28N2O/c1-12(2)9-13(11-15)10-14(17)16-7-5-3-4-6-8-16/h12-13H,3-11,15H2,1-2H3. The summed E-state index contributed by atoms with van der Waals surface area (Å²) in [6.07, 6.45) is 6.60. The molecule has 0 aliphatic carbocycles. The van der Waals surface area contributed by atoms with Crippen LogP contribution < -0.4 is 5.73 Å². The second-order valence-electron chi connectivity index (χ2n) is 5.73. The van der Waals surface area contributed by atoms with Crippen LogP contribution >= 0.6 is 0 Å². The molecule has 1 fully saturated rings. The normalized spacial score (nSPS) is 19.2. The van der Waals surface area contributed by atoms with Gasteiger partial charge in [-0.25, -0.2) is 0 Å². The van der Waals surface area contributed by atoms with E-state index in [1.165, 1.54) is 25.7 Å². The van der Waals surface area contributed by atoms with E-state index in [-0.39, 0.29) is 0 Å². The first-order valence-corrected chi connectivity index (χ1v) is 7.11. The molecule has 1 atom stereocenters. The lowest BCUT2D eigenvalue weighted by atomic mass is 9.94. The van der Waals surface area contributed by atoms with E-state index in [4.69, 9.17) is 5.73 Å². The molecule has 17 heavy (non-hydrogen) atoms. The molecule has 1 aliphatic heterocycles. The monoisotopic (exact) mass is 240 g/mol. The Morgan fingerprint density at radius 2 is 1.76 bits per heavy atom. The summed E-state index contributed by atoms with van der Waals surface area (Å²) in [5, 5.41) is 0. The smallest absolute Gasteiger partial charge is 0.222 e. The predicted octanol–water partition coefficient (Wildman–Crippen LogP) is 2.40. The number of hydrogen-bond acceptors (Lipinski definition) is 2. The zero-order valence-electron chi connectivity index (χ0n) is 11.5. The molecule has 0 aromatic carbocycles. The van der Waals surface area contributed by atoms with Gasteiger partial charge < -0.3 is 10.6 Å². The van der Waals surface area contributed by atoms with Crippen LogP contribution in [0.3, 0.4) is 0 Å². The maximum Gasteiger partial charge on any atom is 0.222 e. The van der Waals surface area contributed by atoms with E-state index in [1.54, 1.807) is 0 Å². The van der Waals surface area contributed by atoms with Gasteiger partial charge in [0.25, 0.3) is 0 Å². The van der Waals surface area contributed by atoms with E-state index in [2.05, 4.69) is 18.7 Å². The fourth-order valence-corrected chi connectivity index (χ4v) is 2.63. The molecule has 1 heterocycles. The van der Waals surface area contributed by atoms with Gasteiger partial charge in [-0.05, 0) is 37.6 Å². The second-order valence-corrected chi connectivity index (χ2v) is 5.73. The zero-order valence-corrected chi connectivity index (χ0v) is 11.5. The molecule has 1 aliphatic rings. The number of amides is 1. The maximum absolute atomic E-state index is 12.2. The Morgan fingerprint density at radius 1 is 1.18 bits per heavy atom. The van der Waals surface area contributed by atoms with Crippen molar-refractivity contribution in [1.82, 2.24) is 4.90 Å². The SMILES string of the molecule is CC(C)CC(CN)CC(=O)N1CCCCCC1. The molecule has 3 heteroatoms. The van der Waals surface area contributed by atoms with E-state index in [0.29, 0.717) is 30.7 Å². The molecular formula is C14H28N2O. The fourth-order valence-electron chi connectivity index (χ4n) is 2.63. The number of carbonyl (C=O) groups is 1. The van der Waals surface area contributed by atoms with Crippen molar-refractivity contribution in [2.45, 2.75) is 52.4 Å². The first-order valence-electron chi connectivity index (χ1n) is 7.11. The average Bonchev–Trinajstić information content (AvgIpc) is 2.55. The first kappa shape index (κ1) is 14.5. The maximum atomic E-state index is 12.2. The molecule has 0 aromatic heterocycles. The highest BCUT2D eigenvalue weighted by Crippen LogP contribution is 2.17. The highest BCUT2D eigenvalue weighted by Gasteiger charge is 2.19.